The average molecular weight is 361 g/mol. The second-order valence-corrected chi connectivity index (χ2v) is 8.76. The lowest BCUT2D eigenvalue weighted by molar-refractivity contribution is -0.145. The van der Waals surface area contributed by atoms with Gasteiger partial charge in [-0.2, -0.15) is 0 Å². The average Bonchev–Trinajstić information content (AvgIpc) is 2.77. The van der Waals surface area contributed by atoms with Gasteiger partial charge < -0.3 is 15.0 Å². The lowest BCUT2D eigenvalue weighted by Crippen LogP contribution is -2.56. The Kier molecular flexibility index (Phi) is 4.71. The fourth-order valence-corrected chi connectivity index (χ4v) is 6.08. The molecule has 3 unspecified atom stereocenters. The molecule has 3 aliphatic rings. The maximum Gasteiger partial charge on any atom is 0.308 e. The first-order chi connectivity index (χ1) is 12.2. The van der Waals surface area contributed by atoms with E-state index in [0.717, 1.165) is 38.9 Å². The number of piperidine rings is 1. The number of ether oxygens (including phenoxy) is 1. The van der Waals surface area contributed by atoms with E-state index >= 15 is 0 Å². The van der Waals surface area contributed by atoms with Gasteiger partial charge in [-0.25, -0.2) is 0 Å². The number of thioether (sulfide) groups is 1. The van der Waals surface area contributed by atoms with E-state index in [1.807, 2.05) is 18.7 Å². The molecule has 3 atom stereocenters. The highest BCUT2D eigenvalue weighted by molar-refractivity contribution is 7.99. The molecule has 5 heteroatoms. The normalized spacial score (nSPS) is 28.7. The van der Waals surface area contributed by atoms with Crippen LogP contribution in [0.15, 0.2) is 23.1 Å². The fraction of sp³-hybridized carbons (Fsp3) is 0.650. The number of nitrogens with one attached hydrogen (secondary N) is 1. The van der Waals surface area contributed by atoms with Crippen molar-refractivity contribution in [3.05, 3.63) is 23.8 Å². The highest BCUT2D eigenvalue weighted by Gasteiger charge is 2.53. The molecule has 1 fully saturated rings. The Balaban J connectivity index is 1.69. The SMILES string of the molecule is COC(=O)C(C)CCC12CCNCC1c1cccc3c1N2CCCS3. The van der Waals surface area contributed by atoms with Crippen molar-refractivity contribution in [1.29, 1.82) is 0 Å². The summed E-state index contributed by atoms with van der Waals surface area (Å²) in [6.07, 6.45) is 4.35. The largest absolute Gasteiger partial charge is 0.469 e. The van der Waals surface area contributed by atoms with E-state index in [4.69, 9.17) is 4.74 Å². The van der Waals surface area contributed by atoms with Crippen LogP contribution in [0.5, 0.6) is 0 Å². The summed E-state index contributed by atoms with van der Waals surface area (Å²) in [4.78, 5) is 16.1. The van der Waals surface area contributed by atoms with Crippen LogP contribution in [0.4, 0.5) is 5.69 Å². The number of fused-ring (bicyclic) bond motifs is 3. The van der Waals surface area contributed by atoms with Crippen LogP contribution >= 0.6 is 11.8 Å². The third-order valence-electron chi connectivity index (χ3n) is 6.34. The Bertz CT molecular complexity index is 665. The van der Waals surface area contributed by atoms with E-state index in [2.05, 4.69) is 28.4 Å². The van der Waals surface area contributed by atoms with Crippen molar-refractivity contribution in [2.45, 2.75) is 49.0 Å². The zero-order valence-corrected chi connectivity index (χ0v) is 16.0. The third kappa shape index (κ3) is 2.76. The molecule has 1 saturated heterocycles. The van der Waals surface area contributed by atoms with Crippen molar-refractivity contribution in [1.82, 2.24) is 5.32 Å². The summed E-state index contributed by atoms with van der Waals surface area (Å²) in [7, 11) is 1.49. The number of nitrogens with zero attached hydrogens (tertiary/aromatic N) is 1. The van der Waals surface area contributed by atoms with Crippen LogP contribution in [-0.2, 0) is 9.53 Å². The lowest BCUT2D eigenvalue weighted by atomic mass is 9.73. The smallest absolute Gasteiger partial charge is 0.308 e. The molecule has 0 saturated carbocycles. The van der Waals surface area contributed by atoms with Crippen molar-refractivity contribution in [3.63, 3.8) is 0 Å². The first-order valence-corrected chi connectivity index (χ1v) is 10.5. The molecule has 0 aliphatic carbocycles. The maximum atomic E-state index is 11.9. The van der Waals surface area contributed by atoms with Crippen LogP contribution in [0.1, 0.15) is 44.1 Å². The quantitative estimate of drug-likeness (QED) is 0.834. The van der Waals surface area contributed by atoms with E-state index in [0.29, 0.717) is 5.92 Å². The number of anilines is 1. The molecule has 1 aromatic carbocycles. The predicted molar refractivity (Wildman–Crippen MR) is 103 cm³/mol. The summed E-state index contributed by atoms with van der Waals surface area (Å²) >= 11 is 2.01. The van der Waals surface area contributed by atoms with Crippen molar-refractivity contribution in [2.75, 3.05) is 37.4 Å². The second kappa shape index (κ2) is 6.84. The summed E-state index contributed by atoms with van der Waals surface area (Å²) in [6.45, 7) is 5.25. The van der Waals surface area contributed by atoms with Gasteiger partial charge in [0, 0.05) is 29.4 Å². The molecule has 0 amide bonds. The molecule has 4 nitrogen and oxygen atoms in total. The van der Waals surface area contributed by atoms with Gasteiger partial charge in [-0.3, -0.25) is 4.79 Å². The van der Waals surface area contributed by atoms with Crippen molar-refractivity contribution in [2.24, 2.45) is 5.92 Å². The number of hydrogen-bond donors (Lipinski definition) is 1. The minimum atomic E-state index is -0.0792. The number of methoxy groups -OCH3 is 1. The molecule has 136 valence electrons. The molecule has 0 aromatic heterocycles. The number of para-hydroxylation sites is 1. The molecule has 1 aromatic rings. The lowest BCUT2D eigenvalue weighted by Gasteiger charge is -2.47. The van der Waals surface area contributed by atoms with Gasteiger partial charge in [0.05, 0.1) is 18.7 Å². The first-order valence-electron chi connectivity index (χ1n) is 9.49. The van der Waals surface area contributed by atoms with Crippen LogP contribution in [0.3, 0.4) is 0 Å². The zero-order chi connectivity index (χ0) is 17.4. The Morgan fingerprint density at radius 1 is 1.52 bits per heavy atom. The molecule has 1 N–H and O–H groups in total. The van der Waals surface area contributed by atoms with Crippen LogP contribution in [0.2, 0.25) is 0 Å². The highest BCUT2D eigenvalue weighted by atomic mass is 32.2. The predicted octanol–water partition coefficient (Wildman–Crippen LogP) is 3.41. The number of carbonyl (C=O) groups is 1. The van der Waals surface area contributed by atoms with Gasteiger partial charge >= 0.3 is 5.97 Å². The molecular weight excluding hydrogens is 332 g/mol. The van der Waals surface area contributed by atoms with E-state index in [1.165, 1.54) is 35.4 Å². The Hall–Kier alpha value is -1.20. The highest BCUT2D eigenvalue weighted by Crippen LogP contribution is 2.56. The van der Waals surface area contributed by atoms with Crippen LogP contribution < -0.4 is 10.2 Å². The Morgan fingerprint density at radius 3 is 3.24 bits per heavy atom. The van der Waals surface area contributed by atoms with Crippen molar-refractivity contribution in [3.8, 4) is 0 Å². The van der Waals surface area contributed by atoms with Gasteiger partial charge in [0.25, 0.3) is 0 Å². The van der Waals surface area contributed by atoms with Crippen molar-refractivity contribution >= 4 is 23.4 Å². The molecule has 4 rings (SSSR count). The monoisotopic (exact) mass is 360 g/mol. The maximum absolute atomic E-state index is 11.9. The number of hydrogen-bond acceptors (Lipinski definition) is 5. The topological polar surface area (TPSA) is 41.6 Å². The molecule has 3 aliphatic heterocycles. The Morgan fingerprint density at radius 2 is 2.40 bits per heavy atom. The van der Waals surface area contributed by atoms with Gasteiger partial charge in [0.15, 0.2) is 0 Å². The van der Waals surface area contributed by atoms with E-state index in [9.17, 15) is 4.79 Å². The summed E-state index contributed by atoms with van der Waals surface area (Å²) in [5.74, 6) is 1.62. The van der Waals surface area contributed by atoms with Gasteiger partial charge in [-0.15, -0.1) is 11.8 Å². The van der Waals surface area contributed by atoms with E-state index in [-0.39, 0.29) is 17.4 Å². The summed E-state index contributed by atoms with van der Waals surface area (Å²) in [6, 6.07) is 6.85. The molecule has 0 bridgehead atoms. The number of carbonyl (C=O) groups excluding carboxylic acids is 1. The number of esters is 1. The van der Waals surface area contributed by atoms with E-state index in [1.54, 1.807) is 0 Å². The zero-order valence-electron chi connectivity index (χ0n) is 15.2. The summed E-state index contributed by atoms with van der Waals surface area (Å²) in [5.41, 5.74) is 3.17. The number of rotatable bonds is 4. The second-order valence-electron chi connectivity index (χ2n) is 7.62. The van der Waals surface area contributed by atoms with Gasteiger partial charge in [-0.1, -0.05) is 19.1 Å². The Labute approximate surface area is 154 Å². The third-order valence-corrected chi connectivity index (χ3v) is 7.48. The summed E-state index contributed by atoms with van der Waals surface area (Å²) < 4.78 is 4.96. The molecule has 3 heterocycles. The standard InChI is InChI=1S/C20H28N2O2S/c1-14(19(23)24-2)7-8-20-9-10-21-13-16(20)15-5-3-6-17-18(15)22(20)11-4-12-25-17/h3,5-6,14,16,21H,4,7-13H2,1-2H3. The fourth-order valence-electron chi connectivity index (χ4n) is 5.05. The molecule has 25 heavy (non-hydrogen) atoms. The number of benzene rings is 1. The molecular formula is C20H28N2O2S. The van der Waals surface area contributed by atoms with Crippen LogP contribution in [0.25, 0.3) is 0 Å². The van der Waals surface area contributed by atoms with Crippen molar-refractivity contribution < 1.29 is 9.53 Å². The summed E-state index contributed by atoms with van der Waals surface area (Å²) in [5, 5.41) is 3.62. The van der Waals surface area contributed by atoms with E-state index < -0.39 is 0 Å². The van der Waals surface area contributed by atoms with Gasteiger partial charge in [0.2, 0.25) is 0 Å². The molecule has 0 spiro atoms. The van der Waals surface area contributed by atoms with Crippen LogP contribution in [0, 0.1) is 5.92 Å². The first kappa shape index (κ1) is 17.2. The minimum Gasteiger partial charge on any atom is -0.469 e. The molecule has 0 radical (unpaired) electrons. The van der Waals surface area contributed by atoms with Gasteiger partial charge in [-0.05, 0) is 49.6 Å². The van der Waals surface area contributed by atoms with Gasteiger partial charge in [0.1, 0.15) is 0 Å². The minimum absolute atomic E-state index is 0.0283. The van der Waals surface area contributed by atoms with Crippen LogP contribution in [-0.4, -0.2) is 44.0 Å².